The van der Waals surface area contributed by atoms with E-state index in [2.05, 4.69) is 0 Å². The van der Waals surface area contributed by atoms with Crippen molar-refractivity contribution in [2.24, 2.45) is 0 Å². The van der Waals surface area contributed by atoms with Gasteiger partial charge in [0.05, 0.1) is 35.1 Å². The summed E-state index contributed by atoms with van der Waals surface area (Å²) in [6.45, 7) is 3.04. The highest BCUT2D eigenvalue weighted by molar-refractivity contribution is 6.03. The fourth-order valence-corrected chi connectivity index (χ4v) is 2.02. The van der Waals surface area contributed by atoms with Crippen LogP contribution in [0.5, 0.6) is 0 Å². The monoisotopic (exact) mass is 272 g/mol. The van der Waals surface area contributed by atoms with Crippen LogP contribution in [0.4, 0.5) is 0 Å². The molecule has 0 saturated heterocycles. The van der Waals surface area contributed by atoms with Crippen LogP contribution in [0.15, 0.2) is 12.1 Å². The van der Waals surface area contributed by atoms with E-state index in [1.165, 1.54) is 13.0 Å². The van der Waals surface area contributed by atoms with Crippen molar-refractivity contribution in [2.45, 2.75) is 25.7 Å². The fourth-order valence-electron chi connectivity index (χ4n) is 2.02. The van der Waals surface area contributed by atoms with Gasteiger partial charge < -0.3 is 10.2 Å². The van der Waals surface area contributed by atoms with Crippen molar-refractivity contribution >= 4 is 11.9 Å². The molecule has 2 N–H and O–H groups in total. The molecule has 0 aromatic heterocycles. The van der Waals surface area contributed by atoms with Gasteiger partial charge in [0.15, 0.2) is 0 Å². The Kier molecular flexibility index (Phi) is 4.45. The molecule has 2 unspecified atom stereocenters. The molecule has 0 aliphatic heterocycles. The van der Waals surface area contributed by atoms with Gasteiger partial charge in [-0.15, -0.1) is 0 Å². The Morgan fingerprint density at radius 3 is 2.00 bits per heavy atom. The summed E-state index contributed by atoms with van der Waals surface area (Å²) >= 11 is 0. The second-order valence-electron chi connectivity index (χ2n) is 4.30. The van der Waals surface area contributed by atoms with Gasteiger partial charge in [0.1, 0.15) is 0 Å². The van der Waals surface area contributed by atoms with Gasteiger partial charge in [-0.2, -0.15) is 10.5 Å². The Bertz CT molecular complexity index is 652. The maximum absolute atomic E-state index is 11.4. The lowest BCUT2D eigenvalue weighted by Gasteiger charge is -2.17. The molecule has 0 radical (unpaired) electrons. The molecule has 6 heteroatoms. The number of aromatic carboxylic acids is 2. The molecule has 102 valence electrons. The van der Waals surface area contributed by atoms with Crippen LogP contribution in [-0.4, -0.2) is 22.2 Å². The average molecular weight is 272 g/mol. The van der Waals surface area contributed by atoms with Crippen LogP contribution in [0.1, 0.15) is 57.5 Å². The van der Waals surface area contributed by atoms with E-state index >= 15 is 0 Å². The molecule has 6 nitrogen and oxygen atoms in total. The summed E-state index contributed by atoms with van der Waals surface area (Å²) in [6, 6.07) is 6.41. The van der Waals surface area contributed by atoms with Crippen molar-refractivity contribution in [3.05, 3.63) is 34.4 Å². The minimum atomic E-state index is -1.42. The van der Waals surface area contributed by atoms with Gasteiger partial charge in [0.25, 0.3) is 0 Å². The zero-order valence-electron chi connectivity index (χ0n) is 10.9. The van der Waals surface area contributed by atoms with Gasteiger partial charge in [-0.05, 0) is 31.0 Å². The third-order valence-electron chi connectivity index (χ3n) is 3.01. The molecule has 2 atom stereocenters. The normalized spacial score (nSPS) is 12.8. The van der Waals surface area contributed by atoms with Crippen molar-refractivity contribution < 1.29 is 19.8 Å². The lowest BCUT2D eigenvalue weighted by molar-refractivity contribution is 0.0650. The molecule has 0 amide bonds. The summed E-state index contributed by atoms with van der Waals surface area (Å²) in [6.07, 6.45) is 0. The molecule has 0 heterocycles. The zero-order valence-corrected chi connectivity index (χ0v) is 10.9. The van der Waals surface area contributed by atoms with Crippen molar-refractivity contribution in [1.82, 2.24) is 0 Å². The number of nitrogens with zero attached hydrogens (tertiary/aromatic N) is 2. The minimum absolute atomic E-state index is 0.0916. The Balaban J connectivity index is 3.82. The number of carboxylic acid groups (broad SMARTS) is 2. The highest BCUT2D eigenvalue weighted by Gasteiger charge is 2.27. The van der Waals surface area contributed by atoms with Gasteiger partial charge in [-0.1, -0.05) is 6.07 Å². The van der Waals surface area contributed by atoms with Gasteiger partial charge in [-0.25, -0.2) is 9.59 Å². The number of nitriles is 2. The Morgan fingerprint density at radius 2 is 1.60 bits per heavy atom. The standard InChI is InChI=1S/C14H12N2O4/c1-7(5-15)9-3-4-10(13(17)18)12(14(19)20)11(9)8(2)6-16/h3-4,7-8H,1-2H3,(H,17,18)(H,19,20). The van der Waals surface area contributed by atoms with Crippen molar-refractivity contribution in [3.8, 4) is 12.1 Å². The fraction of sp³-hybridized carbons (Fsp3) is 0.286. The molecule has 20 heavy (non-hydrogen) atoms. The molecule has 0 aliphatic carbocycles. The predicted molar refractivity (Wildman–Crippen MR) is 68.4 cm³/mol. The number of carbonyl (C=O) groups is 2. The number of rotatable bonds is 4. The highest BCUT2D eigenvalue weighted by atomic mass is 16.4. The quantitative estimate of drug-likeness (QED) is 0.867. The van der Waals surface area contributed by atoms with Crippen LogP contribution in [0.25, 0.3) is 0 Å². The molecule has 0 bridgehead atoms. The smallest absolute Gasteiger partial charge is 0.336 e. The Morgan fingerprint density at radius 1 is 1.05 bits per heavy atom. The van der Waals surface area contributed by atoms with E-state index in [4.69, 9.17) is 15.6 Å². The van der Waals surface area contributed by atoms with E-state index in [1.54, 1.807) is 6.92 Å². The van der Waals surface area contributed by atoms with Crippen molar-refractivity contribution in [1.29, 1.82) is 10.5 Å². The van der Waals surface area contributed by atoms with Gasteiger partial charge in [0.2, 0.25) is 0 Å². The molecule has 0 spiro atoms. The van der Waals surface area contributed by atoms with E-state index in [9.17, 15) is 14.7 Å². The molecule has 0 aliphatic rings. The number of benzene rings is 1. The first-order chi connectivity index (χ1) is 9.34. The van der Waals surface area contributed by atoms with Crippen LogP contribution < -0.4 is 0 Å². The molecular formula is C14H12N2O4. The number of carboxylic acids is 2. The lowest BCUT2D eigenvalue weighted by Crippen LogP contribution is -2.15. The van der Waals surface area contributed by atoms with E-state index in [-0.39, 0.29) is 11.1 Å². The second-order valence-corrected chi connectivity index (χ2v) is 4.30. The van der Waals surface area contributed by atoms with Crippen LogP contribution >= 0.6 is 0 Å². The summed E-state index contributed by atoms with van der Waals surface area (Å²) in [4.78, 5) is 22.5. The van der Waals surface area contributed by atoms with E-state index in [0.717, 1.165) is 6.07 Å². The van der Waals surface area contributed by atoms with E-state index in [0.29, 0.717) is 5.56 Å². The Labute approximate surface area is 115 Å². The third kappa shape index (κ3) is 2.60. The first kappa shape index (κ1) is 15.2. The molecular weight excluding hydrogens is 260 g/mol. The summed E-state index contributed by atoms with van der Waals surface area (Å²) in [5, 5.41) is 36.3. The maximum atomic E-state index is 11.4. The number of hydrogen-bond donors (Lipinski definition) is 2. The summed E-state index contributed by atoms with van der Waals surface area (Å²) in [5.41, 5.74) is -0.354. The molecule has 1 rings (SSSR count). The average Bonchev–Trinajstić information content (AvgIpc) is 2.43. The number of hydrogen-bond acceptors (Lipinski definition) is 4. The minimum Gasteiger partial charge on any atom is -0.478 e. The van der Waals surface area contributed by atoms with Crippen molar-refractivity contribution in [3.63, 3.8) is 0 Å². The molecule has 1 aromatic carbocycles. The van der Waals surface area contributed by atoms with E-state index < -0.39 is 29.3 Å². The van der Waals surface area contributed by atoms with Crippen LogP contribution in [-0.2, 0) is 0 Å². The van der Waals surface area contributed by atoms with Gasteiger partial charge in [0, 0.05) is 0 Å². The molecule has 1 aromatic rings. The van der Waals surface area contributed by atoms with Crippen LogP contribution in [0, 0.1) is 22.7 Å². The molecule has 0 fully saturated rings. The van der Waals surface area contributed by atoms with Crippen molar-refractivity contribution in [2.75, 3.05) is 0 Å². The SMILES string of the molecule is CC(C#N)c1ccc(C(=O)O)c(C(=O)O)c1C(C)C#N. The topological polar surface area (TPSA) is 122 Å². The largest absolute Gasteiger partial charge is 0.478 e. The third-order valence-corrected chi connectivity index (χ3v) is 3.01. The van der Waals surface area contributed by atoms with Gasteiger partial charge >= 0.3 is 11.9 Å². The summed E-state index contributed by atoms with van der Waals surface area (Å²) in [5.74, 6) is -4.27. The lowest BCUT2D eigenvalue weighted by atomic mass is 9.84. The summed E-state index contributed by atoms with van der Waals surface area (Å²) in [7, 11) is 0. The summed E-state index contributed by atoms with van der Waals surface area (Å²) < 4.78 is 0. The second kappa shape index (κ2) is 5.85. The predicted octanol–water partition coefficient (Wildman–Crippen LogP) is 2.34. The highest BCUT2D eigenvalue weighted by Crippen LogP contribution is 2.31. The first-order valence-corrected chi connectivity index (χ1v) is 5.77. The van der Waals surface area contributed by atoms with Crippen LogP contribution in [0.3, 0.4) is 0 Å². The zero-order chi connectivity index (χ0) is 15.4. The Hall–Kier alpha value is -2.86. The van der Waals surface area contributed by atoms with Gasteiger partial charge in [-0.3, -0.25) is 0 Å². The molecule has 0 saturated carbocycles. The van der Waals surface area contributed by atoms with Crippen LogP contribution in [0.2, 0.25) is 0 Å². The maximum Gasteiger partial charge on any atom is 0.336 e. The van der Waals surface area contributed by atoms with E-state index in [1.807, 2.05) is 12.1 Å². The first-order valence-electron chi connectivity index (χ1n) is 5.77.